The van der Waals surface area contributed by atoms with Gasteiger partial charge >= 0.3 is 0 Å². The third-order valence-corrected chi connectivity index (χ3v) is 7.28. The first-order valence-electron chi connectivity index (χ1n) is 14.1. The number of nitrogens with zero attached hydrogens (tertiary/aromatic N) is 2. The van der Waals surface area contributed by atoms with Gasteiger partial charge in [0, 0.05) is 43.4 Å². The Hall–Kier alpha value is -3.90. The minimum Gasteiger partial charge on any atom is -0.459 e. The molecular weight excluding hydrogens is 540 g/mol. The normalized spacial score (nSPS) is 18.4. The van der Waals surface area contributed by atoms with Gasteiger partial charge in [0.1, 0.15) is 0 Å². The van der Waals surface area contributed by atoms with E-state index in [9.17, 15) is 9.59 Å². The van der Waals surface area contributed by atoms with Crippen LogP contribution in [0.1, 0.15) is 30.5 Å². The quantitative estimate of drug-likeness (QED) is 0.195. The number of ether oxygens (including phenoxy) is 4. The number of para-hydroxylation sites is 3. The van der Waals surface area contributed by atoms with E-state index in [0.29, 0.717) is 49.8 Å². The molecule has 0 fully saturated rings. The van der Waals surface area contributed by atoms with Crippen LogP contribution < -0.4 is 16.6 Å². The second-order valence-electron chi connectivity index (χ2n) is 9.92. The first-order chi connectivity index (χ1) is 20.4. The lowest BCUT2D eigenvalue weighted by atomic mass is 9.81. The number of nitrogens with one attached hydrogen (secondary N) is 1. The van der Waals surface area contributed by atoms with Crippen molar-refractivity contribution < 1.29 is 28.8 Å². The highest BCUT2D eigenvalue weighted by Gasteiger charge is 2.41. The molecule has 3 atom stereocenters. The SMILES string of the molecule is CCO[C@H]1OC(C(=O)Nc2ccccc2N)=C[C@@H](c2c(C)n(C)n(-c3ccccc3)c2=O)[C@@H]1CCOCCOCCO. The molecule has 2 heterocycles. The summed E-state index contributed by atoms with van der Waals surface area (Å²) in [5.74, 6) is -1.29. The summed E-state index contributed by atoms with van der Waals surface area (Å²) < 4.78 is 26.7. The molecule has 11 nitrogen and oxygen atoms in total. The maximum atomic E-state index is 14.1. The Morgan fingerprint density at radius 2 is 1.74 bits per heavy atom. The lowest BCUT2D eigenvalue weighted by Crippen LogP contribution is -2.39. The molecule has 1 amide bonds. The molecule has 4 rings (SSSR count). The lowest BCUT2D eigenvalue weighted by molar-refractivity contribution is -0.166. The van der Waals surface area contributed by atoms with Gasteiger partial charge in [-0.2, -0.15) is 0 Å². The molecule has 0 saturated carbocycles. The molecule has 0 spiro atoms. The smallest absolute Gasteiger partial charge is 0.290 e. The van der Waals surface area contributed by atoms with Gasteiger partial charge in [0.25, 0.3) is 11.5 Å². The monoisotopic (exact) mass is 580 g/mol. The first-order valence-corrected chi connectivity index (χ1v) is 14.1. The van der Waals surface area contributed by atoms with Crippen LogP contribution in [0.2, 0.25) is 0 Å². The molecule has 2 aromatic carbocycles. The van der Waals surface area contributed by atoms with Gasteiger partial charge in [-0.3, -0.25) is 14.3 Å². The van der Waals surface area contributed by atoms with Crippen molar-refractivity contribution in [3.8, 4) is 5.69 Å². The van der Waals surface area contributed by atoms with Crippen LogP contribution in [0, 0.1) is 12.8 Å². The largest absolute Gasteiger partial charge is 0.459 e. The number of nitrogens with two attached hydrogens (primary N) is 1. The van der Waals surface area contributed by atoms with Gasteiger partial charge in [-0.15, -0.1) is 0 Å². The number of carbonyl (C=O) groups is 1. The maximum absolute atomic E-state index is 14.1. The van der Waals surface area contributed by atoms with Crippen LogP contribution in [0.15, 0.2) is 71.2 Å². The summed E-state index contributed by atoms with van der Waals surface area (Å²) in [4.78, 5) is 27.5. The second kappa shape index (κ2) is 14.8. The van der Waals surface area contributed by atoms with Crippen molar-refractivity contribution in [3.63, 3.8) is 0 Å². The first kappa shape index (κ1) is 31.0. The third kappa shape index (κ3) is 7.11. The molecular formula is C31H40N4O7. The Labute approximate surface area is 245 Å². The number of allylic oxidation sites excluding steroid dienone is 1. The molecule has 0 aliphatic carbocycles. The van der Waals surface area contributed by atoms with E-state index in [1.165, 1.54) is 0 Å². The molecule has 3 aromatic rings. The molecule has 226 valence electrons. The summed E-state index contributed by atoms with van der Waals surface area (Å²) in [6, 6.07) is 16.4. The summed E-state index contributed by atoms with van der Waals surface area (Å²) >= 11 is 0. The number of carbonyl (C=O) groups excluding carboxylic acids is 1. The van der Waals surface area contributed by atoms with Gasteiger partial charge in [0.15, 0.2) is 5.76 Å². The van der Waals surface area contributed by atoms with Crippen molar-refractivity contribution in [2.24, 2.45) is 13.0 Å². The maximum Gasteiger partial charge on any atom is 0.290 e. The Balaban J connectivity index is 1.71. The predicted octanol–water partition coefficient (Wildman–Crippen LogP) is 3.10. The van der Waals surface area contributed by atoms with Gasteiger partial charge in [-0.05, 0) is 50.6 Å². The zero-order valence-corrected chi connectivity index (χ0v) is 24.3. The topological polar surface area (TPSA) is 139 Å². The highest BCUT2D eigenvalue weighted by atomic mass is 16.7. The highest BCUT2D eigenvalue weighted by molar-refractivity contribution is 6.04. The number of amides is 1. The molecule has 4 N–H and O–H groups in total. The Kier molecular flexibility index (Phi) is 11.0. The van der Waals surface area contributed by atoms with Crippen molar-refractivity contribution in [1.29, 1.82) is 0 Å². The van der Waals surface area contributed by atoms with Crippen molar-refractivity contribution in [2.75, 3.05) is 50.7 Å². The molecule has 0 bridgehead atoms. The summed E-state index contributed by atoms with van der Waals surface area (Å²) in [6.07, 6.45) is 1.39. The zero-order valence-electron chi connectivity index (χ0n) is 24.3. The lowest BCUT2D eigenvalue weighted by Gasteiger charge is -2.36. The molecule has 42 heavy (non-hydrogen) atoms. The molecule has 0 saturated heterocycles. The van der Waals surface area contributed by atoms with Crippen LogP contribution >= 0.6 is 0 Å². The standard InChI is InChI=1S/C31H40N4O7/c1-4-41-31-23(14-16-39-18-19-40-17-15-36)24(20-27(42-31)29(37)33-26-13-9-8-12-25(26)32)28-21(2)34(3)35(30(28)38)22-10-6-5-7-11-22/h5-13,20,23-24,31,36H,4,14-19,32H2,1-3H3,(H,33,37)/t23-,24+,31-/m0/s1. The number of aromatic nitrogens is 2. The number of aliphatic hydroxyl groups is 1. The van der Waals surface area contributed by atoms with Crippen LogP contribution in [0.4, 0.5) is 11.4 Å². The van der Waals surface area contributed by atoms with Crippen LogP contribution in [0.3, 0.4) is 0 Å². The van der Waals surface area contributed by atoms with Crippen LogP contribution in [0.25, 0.3) is 5.69 Å². The van der Waals surface area contributed by atoms with Crippen molar-refractivity contribution >= 4 is 17.3 Å². The average Bonchev–Trinajstić information content (AvgIpc) is 3.21. The van der Waals surface area contributed by atoms with E-state index in [2.05, 4.69) is 5.32 Å². The van der Waals surface area contributed by atoms with E-state index in [1.807, 2.05) is 55.9 Å². The van der Waals surface area contributed by atoms with Crippen molar-refractivity contribution in [1.82, 2.24) is 9.36 Å². The van der Waals surface area contributed by atoms with E-state index in [4.69, 9.17) is 29.8 Å². The van der Waals surface area contributed by atoms with Crippen molar-refractivity contribution in [2.45, 2.75) is 32.5 Å². The fraction of sp³-hybridized carbons (Fsp3) is 0.419. The minimum atomic E-state index is -0.808. The van der Waals surface area contributed by atoms with E-state index in [-0.39, 0.29) is 30.5 Å². The van der Waals surface area contributed by atoms with Gasteiger partial charge in [0.2, 0.25) is 6.29 Å². The van der Waals surface area contributed by atoms with E-state index in [0.717, 1.165) is 11.4 Å². The zero-order chi connectivity index (χ0) is 30.1. The highest BCUT2D eigenvalue weighted by Crippen LogP contribution is 2.39. The Bertz CT molecular complexity index is 1420. The number of rotatable bonds is 14. The summed E-state index contributed by atoms with van der Waals surface area (Å²) in [7, 11) is 1.84. The molecule has 11 heteroatoms. The summed E-state index contributed by atoms with van der Waals surface area (Å²) in [5.41, 5.74) is 8.79. The van der Waals surface area contributed by atoms with Crippen molar-refractivity contribution in [3.05, 3.63) is 88.0 Å². The number of hydrogen-bond acceptors (Lipinski definition) is 8. The van der Waals surface area contributed by atoms with E-state index < -0.39 is 18.1 Å². The number of benzene rings is 2. The summed E-state index contributed by atoms with van der Waals surface area (Å²) in [5, 5.41) is 11.7. The molecule has 1 aliphatic rings. The Morgan fingerprint density at radius 1 is 1.05 bits per heavy atom. The van der Waals surface area contributed by atoms with Gasteiger partial charge in [-0.1, -0.05) is 30.3 Å². The molecule has 0 unspecified atom stereocenters. The number of hydrogen-bond donors (Lipinski definition) is 3. The van der Waals surface area contributed by atoms with Crippen LogP contribution in [0.5, 0.6) is 0 Å². The van der Waals surface area contributed by atoms with Gasteiger partial charge < -0.3 is 35.1 Å². The fourth-order valence-corrected chi connectivity index (χ4v) is 5.15. The third-order valence-electron chi connectivity index (χ3n) is 7.28. The van der Waals surface area contributed by atoms with E-state index in [1.54, 1.807) is 35.0 Å². The predicted molar refractivity (Wildman–Crippen MR) is 159 cm³/mol. The number of aliphatic hydroxyl groups excluding tert-OH is 1. The van der Waals surface area contributed by atoms with Crippen LogP contribution in [-0.4, -0.2) is 66.3 Å². The molecule has 0 radical (unpaired) electrons. The minimum absolute atomic E-state index is 0.0465. The second-order valence-corrected chi connectivity index (χ2v) is 9.92. The average molecular weight is 581 g/mol. The van der Waals surface area contributed by atoms with E-state index >= 15 is 0 Å². The molecule has 1 aliphatic heterocycles. The van der Waals surface area contributed by atoms with Crippen LogP contribution in [-0.2, 0) is 30.8 Å². The van der Waals surface area contributed by atoms with Gasteiger partial charge in [0.05, 0.1) is 43.5 Å². The Morgan fingerprint density at radius 3 is 2.43 bits per heavy atom. The molecule has 1 aromatic heterocycles. The number of nitrogen functional groups attached to an aromatic ring is 1. The fourth-order valence-electron chi connectivity index (χ4n) is 5.15. The summed E-state index contributed by atoms with van der Waals surface area (Å²) in [6.45, 7) is 5.34. The van der Waals surface area contributed by atoms with Gasteiger partial charge in [-0.25, -0.2) is 4.68 Å². The number of anilines is 2.